The molecule has 0 unspecified atom stereocenters. The van der Waals surface area contributed by atoms with Crippen molar-refractivity contribution >= 4 is 0 Å². The van der Waals surface area contributed by atoms with E-state index in [4.69, 9.17) is 5.73 Å². The molecule has 0 bridgehead atoms. The van der Waals surface area contributed by atoms with E-state index in [1.165, 1.54) is 0 Å². The highest BCUT2D eigenvalue weighted by molar-refractivity contribution is 5.58. The second-order valence-electron chi connectivity index (χ2n) is 4.68. The summed E-state index contributed by atoms with van der Waals surface area (Å²) in [5, 5.41) is 7.39. The van der Waals surface area contributed by atoms with E-state index < -0.39 is 0 Å². The number of aromatic nitrogens is 2. The molecule has 3 heteroatoms. The third-order valence-electron chi connectivity index (χ3n) is 3.14. The molecule has 1 saturated carbocycles. The fraction of sp³-hybridized carbons (Fsp3) is 0.308. The van der Waals surface area contributed by atoms with Gasteiger partial charge in [-0.05, 0) is 18.9 Å². The van der Waals surface area contributed by atoms with Crippen LogP contribution in [0.2, 0.25) is 0 Å². The molecule has 0 aliphatic heterocycles. The molecule has 1 aromatic heterocycles. The van der Waals surface area contributed by atoms with E-state index in [0.29, 0.717) is 0 Å². The molecule has 16 heavy (non-hydrogen) atoms. The van der Waals surface area contributed by atoms with Crippen LogP contribution in [0.5, 0.6) is 0 Å². The largest absolute Gasteiger partial charge is 0.325 e. The van der Waals surface area contributed by atoms with Crippen LogP contribution in [-0.4, -0.2) is 15.7 Å². The molecule has 3 rings (SSSR count). The summed E-state index contributed by atoms with van der Waals surface area (Å²) in [4.78, 5) is 0. The van der Waals surface area contributed by atoms with Gasteiger partial charge < -0.3 is 5.73 Å². The average Bonchev–Trinajstić information content (AvgIpc) is 2.86. The summed E-state index contributed by atoms with van der Waals surface area (Å²) in [5.41, 5.74) is 9.40. The monoisotopic (exact) mass is 213 g/mol. The number of aromatic amines is 1. The van der Waals surface area contributed by atoms with Gasteiger partial charge in [0.1, 0.15) is 0 Å². The van der Waals surface area contributed by atoms with Gasteiger partial charge in [0.2, 0.25) is 0 Å². The summed E-state index contributed by atoms with van der Waals surface area (Å²) in [6, 6.07) is 12.3. The highest BCUT2D eigenvalue weighted by Gasteiger charge is 2.38. The van der Waals surface area contributed by atoms with E-state index in [9.17, 15) is 0 Å². The molecule has 1 aliphatic carbocycles. The number of nitrogens with one attached hydrogen (secondary N) is 1. The number of hydrogen-bond acceptors (Lipinski definition) is 2. The van der Waals surface area contributed by atoms with E-state index in [1.807, 2.05) is 18.2 Å². The molecule has 0 atom stereocenters. The Hall–Kier alpha value is -1.61. The van der Waals surface area contributed by atoms with Crippen LogP contribution in [0.4, 0.5) is 0 Å². The van der Waals surface area contributed by atoms with Gasteiger partial charge in [0.25, 0.3) is 0 Å². The van der Waals surface area contributed by atoms with Crippen LogP contribution >= 0.6 is 0 Å². The number of rotatable bonds is 3. The van der Waals surface area contributed by atoms with E-state index in [-0.39, 0.29) is 5.54 Å². The van der Waals surface area contributed by atoms with E-state index >= 15 is 0 Å². The molecule has 3 N–H and O–H groups in total. The number of hydrogen-bond donors (Lipinski definition) is 2. The van der Waals surface area contributed by atoms with E-state index in [0.717, 1.165) is 36.2 Å². The number of benzene rings is 1. The van der Waals surface area contributed by atoms with Crippen LogP contribution in [0, 0.1) is 0 Å². The van der Waals surface area contributed by atoms with Crippen molar-refractivity contribution < 1.29 is 0 Å². The molecule has 1 heterocycles. The SMILES string of the molecule is NC1(Cc2cc(-c3ccccc3)n[nH]2)CC1. The Morgan fingerprint density at radius 2 is 2.00 bits per heavy atom. The van der Waals surface area contributed by atoms with Gasteiger partial charge in [-0.1, -0.05) is 30.3 Å². The van der Waals surface area contributed by atoms with E-state index in [1.54, 1.807) is 0 Å². The van der Waals surface area contributed by atoms with Gasteiger partial charge >= 0.3 is 0 Å². The van der Waals surface area contributed by atoms with Gasteiger partial charge in [0.05, 0.1) is 5.69 Å². The fourth-order valence-corrected chi connectivity index (χ4v) is 1.93. The van der Waals surface area contributed by atoms with Crippen molar-refractivity contribution in [3.8, 4) is 11.3 Å². The van der Waals surface area contributed by atoms with Crippen molar-refractivity contribution in [2.75, 3.05) is 0 Å². The van der Waals surface area contributed by atoms with Crippen LogP contribution < -0.4 is 5.73 Å². The van der Waals surface area contributed by atoms with E-state index in [2.05, 4.69) is 28.4 Å². The first-order valence-corrected chi connectivity index (χ1v) is 5.64. The highest BCUT2D eigenvalue weighted by Crippen LogP contribution is 2.35. The van der Waals surface area contributed by atoms with Crippen molar-refractivity contribution in [1.82, 2.24) is 10.2 Å². The van der Waals surface area contributed by atoms with Crippen molar-refractivity contribution in [3.63, 3.8) is 0 Å². The maximum Gasteiger partial charge on any atom is 0.0923 e. The van der Waals surface area contributed by atoms with Gasteiger partial charge in [-0.3, -0.25) is 5.10 Å². The minimum atomic E-state index is 0.0422. The van der Waals surface area contributed by atoms with Gasteiger partial charge in [0.15, 0.2) is 0 Å². The average molecular weight is 213 g/mol. The lowest BCUT2D eigenvalue weighted by molar-refractivity contribution is 0.657. The maximum atomic E-state index is 6.08. The van der Waals surface area contributed by atoms with Crippen LogP contribution in [-0.2, 0) is 6.42 Å². The highest BCUT2D eigenvalue weighted by atomic mass is 15.1. The minimum absolute atomic E-state index is 0.0422. The first-order chi connectivity index (χ1) is 7.75. The van der Waals surface area contributed by atoms with Gasteiger partial charge in [-0.25, -0.2) is 0 Å². The zero-order chi connectivity index (χ0) is 11.0. The Bertz CT molecular complexity index is 483. The first kappa shape index (κ1) is 9.60. The Morgan fingerprint density at radius 3 is 2.69 bits per heavy atom. The molecule has 1 aliphatic rings. The summed E-state index contributed by atoms with van der Waals surface area (Å²) >= 11 is 0. The molecule has 82 valence electrons. The van der Waals surface area contributed by atoms with Crippen molar-refractivity contribution in [1.29, 1.82) is 0 Å². The molecule has 3 nitrogen and oxygen atoms in total. The van der Waals surface area contributed by atoms with Crippen molar-refractivity contribution in [3.05, 3.63) is 42.1 Å². The molecule has 0 saturated heterocycles. The lowest BCUT2D eigenvalue weighted by Gasteiger charge is -2.04. The number of nitrogens with two attached hydrogens (primary N) is 1. The number of H-pyrrole nitrogens is 1. The normalized spacial score (nSPS) is 17.3. The predicted molar refractivity (Wildman–Crippen MR) is 63.9 cm³/mol. The molecule has 0 radical (unpaired) electrons. The first-order valence-electron chi connectivity index (χ1n) is 5.64. The summed E-state index contributed by atoms with van der Waals surface area (Å²) in [6.07, 6.45) is 3.17. The molecule has 1 fully saturated rings. The second kappa shape index (κ2) is 3.46. The lowest BCUT2D eigenvalue weighted by atomic mass is 10.1. The summed E-state index contributed by atoms with van der Waals surface area (Å²) in [7, 11) is 0. The quantitative estimate of drug-likeness (QED) is 0.820. The Labute approximate surface area is 94.7 Å². The van der Waals surface area contributed by atoms with Crippen molar-refractivity contribution in [2.45, 2.75) is 24.8 Å². The Balaban J connectivity index is 1.82. The molecule has 2 aromatic rings. The Morgan fingerprint density at radius 1 is 1.25 bits per heavy atom. The zero-order valence-corrected chi connectivity index (χ0v) is 9.11. The van der Waals surface area contributed by atoms with Crippen LogP contribution in [0.1, 0.15) is 18.5 Å². The molecule has 0 spiro atoms. The Kier molecular flexibility index (Phi) is 2.07. The zero-order valence-electron chi connectivity index (χ0n) is 9.11. The van der Waals surface area contributed by atoms with Gasteiger partial charge in [0, 0.05) is 23.2 Å². The van der Waals surface area contributed by atoms with Crippen LogP contribution in [0.15, 0.2) is 36.4 Å². The van der Waals surface area contributed by atoms with Crippen LogP contribution in [0.3, 0.4) is 0 Å². The summed E-state index contributed by atoms with van der Waals surface area (Å²) in [5.74, 6) is 0. The van der Waals surface area contributed by atoms with Gasteiger partial charge in [-0.2, -0.15) is 5.10 Å². The van der Waals surface area contributed by atoms with Gasteiger partial charge in [-0.15, -0.1) is 0 Å². The molecular formula is C13H15N3. The van der Waals surface area contributed by atoms with Crippen LogP contribution in [0.25, 0.3) is 11.3 Å². The third-order valence-corrected chi connectivity index (χ3v) is 3.14. The predicted octanol–water partition coefficient (Wildman–Crippen LogP) is 2.11. The summed E-state index contributed by atoms with van der Waals surface area (Å²) in [6.45, 7) is 0. The maximum absolute atomic E-state index is 6.08. The molecular weight excluding hydrogens is 198 g/mol. The lowest BCUT2D eigenvalue weighted by Crippen LogP contribution is -2.24. The number of nitrogens with zero attached hydrogens (tertiary/aromatic N) is 1. The smallest absolute Gasteiger partial charge is 0.0923 e. The minimum Gasteiger partial charge on any atom is -0.325 e. The standard InChI is InChI=1S/C13H15N3/c14-13(6-7-13)9-11-8-12(16-15-11)10-4-2-1-3-5-10/h1-5,8H,6-7,9,14H2,(H,15,16). The molecule has 1 aromatic carbocycles. The fourth-order valence-electron chi connectivity index (χ4n) is 1.93. The summed E-state index contributed by atoms with van der Waals surface area (Å²) < 4.78 is 0. The molecule has 0 amide bonds. The third kappa shape index (κ3) is 1.86. The van der Waals surface area contributed by atoms with Crippen molar-refractivity contribution in [2.24, 2.45) is 5.73 Å². The topological polar surface area (TPSA) is 54.7 Å². The second-order valence-corrected chi connectivity index (χ2v) is 4.68.